The van der Waals surface area contributed by atoms with Gasteiger partial charge in [0.2, 0.25) is 0 Å². The van der Waals surface area contributed by atoms with Crippen molar-refractivity contribution in [1.29, 1.82) is 0 Å². The molecule has 1 aliphatic carbocycles. The largest absolute Gasteiger partial charge is 0.390 e. The lowest BCUT2D eigenvalue weighted by Gasteiger charge is -2.39. The van der Waals surface area contributed by atoms with Gasteiger partial charge in [-0.15, -0.1) is 0 Å². The van der Waals surface area contributed by atoms with Crippen LogP contribution in [-0.2, 0) is 4.79 Å². The Morgan fingerprint density at radius 1 is 1.17 bits per heavy atom. The molecule has 1 saturated carbocycles. The predicted molar refractivity (Wildman–Crippen MR) is 72.3 cm³/mol. The van der Waals surface area contributed by atoms with E-state index in [1.54, 1.807) is 6.92 Å². The van der Waals surface area contributed by atoms with Gasteiger partial charge in [0.25, 0.3) is 0 Å². The standard InChI is InChI=1S/C15H28O3/c1-14(2,3)12(16)10-13(17)15(4,18)11-8-6-5-7-9-11/h11,13,17-18H,5-10H2,1-4H3/t13-,15+/m1/s1. The molecule has 2 N–H and O–H groups in total. The van der Waals surface area contributed by atoms with E-state index in [1.165, 1.54) is 6.42 Å². The Hall–Kier alpha value is -0.410. The normalized spacial score (nSPS) is 23.4. The highest BCUT2D eigenvalue weighted by atomic mass is 16.3. The van der Waals surface area contributed by atoms with Crippen molar-refractivity contribution in [3.8, 4) is 0 Å². The molecular formula is C15H28O3. The van der Waals surface area contributed by atoms with Crippen LogP contribution in [0.4, 0.5) is 0 Å². The Morgan fingerprint density at radius 2 is 1.67 bits per heavy atom. The SMILES string of the molecule is CC(C)(C)C(=O)C[C@@H](O)[C@@](C)(O)C1CCCCC1. The summed E-state index contributed by atoms with van der Waals surface area (Å²) in [5, 5.41) is 20.7. The van der Waals surface area contributed by atoms with Crippen molar-refractivity contribution in [1.82, 2.24) is 0 Å². The average Bonchev–Trinajstić information content (AvgIpc) is 2.28. The second kappa shape index (κ2) is 5.70. The maximum absolute atomic E-state index is 11.9. The van der Waals surface area contributed by atoms with Crippen LogP contribution in [0.1, 0.15) is 66.2 Å². The molecule has 1 aliphatic rings. The zero-order valence-corrected chi connectivity index (χ0v) is 12.2. The summed E-state index contributed by atoms with van der Waals surface area (Å²) in [7, 11) is 0. The summed E-state index contributed by atoms with van der Waals surface area (Å²) in [4.78, 5) is 11.9. The van der Waals surface area contributed by atoms with Gasteiger partial charge in [-0.25, -0.2) is 0 Å². The van der Waals surface area contributed by atoms with Crippen molar-refractivity contribution in [2.24, 2.45) is 11.3 Å². The monoisotopic (exact) mass is 256 g/mol. The van der Waals surface area contributed by atoms with E-state index in [0.717, 1.165) is 25.7 Å². The third kappa shape index (κ3) is 3.79. The molecule has 0 amide bonds. The molecule has 0 heterocycles. The van der Waals surface area contributed by atoms with Crippen LogP contribution in [0.15, 0.2) is 0 Å². The molecule has 1 fully saturated rings. The fourth-order valence-electron chi connectivity index (χ4n) is 2.65. The maximum Gasteiger partial charge on any atom is 0.140 e. The third-order valence-electron chi connectivity index (χ3n) is 4.32. The summed E-state index contributed by atoms with van der Waals surface area (Å²) in [6, 6.07) is 0. The van der Waals surface area contributed by atoms with Crippen LogP contribution in [-0.4, -0.2) is 27.7 Å². The van der Waals surface area contributed by atoms with Crippen molar-refractivity contribution in [3.05, 3.63) is 0 Å². The van der Waals surface area contributed by atoms with Crippen LogP contribution in [0, 0.1) is 11.3 Å². The Labute approximate surface area is 111 Å². The van der Waals surface area contributed by atoms with Gasteiger partial charge in [-0.05, 0) is 25.7 Å². The third-order valence-corrected chi connectivity index (χ3v) is 4.32. The second-order valence-corrected chi connectivity index (χ2v) is 6.95. The van der Waals surface area contributed by atoms with E-state index in [2.05, 4.69) is 0 Å². The van der Waals surface area contributed by atoms with Gasteiger partial charge in [0.05, 0.1) is 11.7 Å². The van der Waals surface area contributed by atoms with Crippen LogP contribution < -0.4 is 0 Å². The smallest absolute Gasteiger partial charge is 0.140 e. The van der Waals surface area contributed by atoms with Crippen LogP contribution in [0.5, 0.6) is 0 Å². The highest BCUT2D eigenvalue weighted by Gasteiger charge is 2.41. The molecule has 3 nitrogen and oxygen atoms in total. The molecule has 18 heavy (non-hydrogen) atoms. The van der Waals surface area contributed by atoms with Crippen molar-refractivity contribution >= 4 is 5.78 Å². The molecule has 0 aromatic rings. The molecule has 0 unspecified atom stereocenters. The van der Waals surface area contributed by atoms with Crippen LogP contribution in [0.25, 0.3) is 0 Å². The maximum atomic E-state index is 11.9. The number of carbonyl (C=O) groups is 1. The lowest BCUT2D eigenvalue weighted by molar-refractivity contribution is -0.141. The van der Waals surface area contributed by atoms with Crippen molar-refractivity contribution in [2.75, 3.05) is 0 Å². The molecule has 0 aromatic heterocycles. The first-order chi connectivity index (χ1) is 8.15. The van der Waals surface area contributed by atoms with Crippen molar-refractivity contribution in [2.45, 2.75) is 77.9 Å². The number of carbonyl (C=O) groups excluding carboxylic acids is 1. The Kier molecular flexibility index (Phi) is 4.96. The molecule has 1 rings (SSSR count). The number of Topliss-reactive ketones (excluding diaryl/α,β-unsaturated/α-hetero) is 1. The molecule has 3 heteroatoms. The average molecular weight is 256 g/mol. The fourth-order valence-corrected chi connectivity index (χ4v) is 2.65. The topological polar surface area (TPSA) is 57.5 Å². The zero-order chi connectivity index (χ0) is 14.0. The summed E-state index contributed by atoms with van der Waals surface area (Å²) in [5.74, 6) is 0.125. The van der Waals surface area contributed by atoms with Gasteiger partial charge in [-0.3, -0.25) is 4.79 Å². The lowest BCUT2D eigenvalue weighted by Crippen LogP contribution is -2.48. The van der Waals surface area contributed by atoms with E-state index in [4.69, 9.17) is 0 Å². The van der Waals surface area contributed by atoms with Gasteiger partial charge >= 0.3 is 0 Å². The van der Waals surface area contributed by atoms with Crippen molar-refractivity contribution < 1.29 is 15.0 Å². The quantitative estimate of drug-likeness (QED) is 0.813. The summed E-state index contributed by atoms with van der Waals surface area (Å²) in [6.07, 6.45) is 4.44. The molecule has 0 saturated heterocycles. The highest BCUT2D eigenvalue weighted by molar-refractivity contribution is 5.84. The number of hydrogen-bond donors (Lipinski definition) is 2. The first-order valence-corrected chi connectivity index (χ1v) is 7.09. The Morgan fingerprint density at radius 3 is 2.11 bits per heavy atom. The number of aliphatic hydroxyl groups is 2. The first-order valence-electron chi connectivity index (χ1n) is 7.09. The van der Waals surface area contributed by atoms with E-state index in [1.807, 2.05) is 20.8 Å². The van der Waals surface area contributed by atoms with Crippen LogP contribution in [0.2, 0.25) is 0 Å². The molecule has 2 atom stereocenters. The van der Waals surface area contributed by atoms with Gasteiger partial charge < -0.3 is 10.2 Å². The minimum Gasteiger partial charge on any atom is -0.390 e. The number of ketones is 1. The lowest BCUT2D eigenvalue weighted by atomic mass is 9.73. The first kappa shape index (κ1) is 15.6. The van der Waals surface area contributed by atoms with Gasteiger partial charge in [0.1, 0.15) is 5.78 Å². The van der Waals surface area contributed by atoms with Crippen LogP contribution in [0.3, 0.4) is 0 Å². The van der Waals surface area contributed by atoms with Crippen molar-refractivity contribution in [3.63, 3.8) is 0 Å². The van der Waals surface area contributed by atoms with E-state index >= 15 is 0 Å². The number of aliphatic hydroxyl groups excluding tert-OH is 1. The minimum absolute atomic E-state index is 0.00563. The van der Waals surface area contributed by atoms with Crippen LogP contribution >= 0.6 is 0 Å². The Bertz CT molecular complexity index is 283. The van der Waals surface area contributed by atoms with E-state index in [0.29, 0.717) is 0 Å². The van der Waals surface area contributed by atoms with E-state index in [-0.39, 0.29) is 18.1 Å². The second-order valence-electron chi connectivity index (χ2n) is 6.95. The summed E-state index contributed by atoms with van der Waals surface area (Å²) in [6.45, 7) is 7.22. The summed E-state index contributed by atoms with van der Waals surface area (Å²) >= 11 is 0. The summed E-state index contributed by atoms with van der Waals surface area (Å²) < 4.78 is 0. The molecule has 0 aromatic carbocycles. The van der Waals surface area contributed by atoms with E-state index in [9.17, 15) is 15.0 Å². The van der Waals surface area contributed by atoms with Gasteiger partial charge in [-0.2, -0.15) is 0 Å². The molecule has 106 valence electrons. The fraction of sp³-hybridized carbons (Fsp3) is 0.933. The highest BCUT2D eigenvalue weighted by Crippen LogP contribution is 2.36. The minimum atomic E-state index is -1.14. The molecular weight excluding hydrogens is 228 g/mol. The molecule has 0 spiro atoms. The number of rotatable bonds is 4. The van der Waals surface area contributed by atoms with Gasteiger partial charge in [0, 0.05) is 11.8 Å². The van der Waals surface area contributed by atoms with Gasteiger partial charge in [0.15, 0.2) is 0 Å². The van der Waals surface area contributed by atoms with E-state index < -0.39 is 17.1 Å². The number of hydrogen-bond acceptors (Lipinski definition) is 3. The zero-order valence-electron chi connectivity index (χ0n) is 12.2. The molecule has 0 aliphatic heterocycles. The molecule has 0 radical (unpaired) electrons. The summed E-state index contributed by atoms with van der Waals surface area (Å²) in [5.41, 5.74) is -1.59. The molecule has 0 bridgehead atoms. The Balaban J connectivity index is 2.63. The predicted octanol–water partition coefficient (Wildman–Crippen LogP) is 2.68. The van der Waals surface area contributed by atoms with Gasteiger partial charge in [-0.1, -0.05) is 40.0 Å².